The standard InChI is InChI=1S/C11H21NO/c1-5-6-9(2)10-12-11(3,4)7-8-13-10/h9H,5-8H2,1-4H3/t9-/m1/s1. The topological polar surface area (TPSA) is 21.6 Å². The van der Waals surface area contributed by atoms with E-state index >= 15 is 0 Å². The quantitative estimate of drug-likeness (QED) is 0.659. The Morgan fingerprint density at radius 1 is 1.54 bits per heavy atom. The van der Waals surface area contributed by atoms with E-state index in [2.05, 4.69) is 32.7 Å². The van der Waals surface area contributed by atoms with Gasteiger partial charge in [0.15, 0.2) is 5.90 Å². The van der Waals surface area contributed by atoms with Crippen molar-refractivity contribution in [3.8, 4) is 0 Å². The maximum absolute atomic E-state index is 5.58. The molecule has 1 rings (SSSR count). The van der Waals surface area contributed by atoms with Crippen LogP contribution in [0.5, 0.6) is 0 Å². The third kappa shape index (κ3) is 3.02. The number of rotatable bonds is 3. The summed E-state index contributed by atoms with van der Waals surface area (Å²) in [5.74, 6) is 1.46. The summed E-state index contributed by atoms with van der Waals surface area (Å²) >= 11 is 0. The molecule has 0 aromatic heterocycles. The minimum atomic E-state index is 0.0928. The van der Waals surface area contributed by atoms with Gasteiger partial charge in [-0.25, -0.2) is 4.99 Å². The van der Waals surface area contributed by atoms with Gasteiger partial charge in [0.05, 0.1) is 12.1 Å². The Bertz CT molecular complexity index is 196. The highest BCUT2D eigenvalue weighted by molar-refractivity contribution is 5.79. The van der Waals surface area contributed by atoms with Gasteiger partial charge in [0.2, 0.25) is 0 Å². The Hall–Kier alpha value is -0.530. The van der Waals surface area contributed by atoms with Gasteiger partial charge >= 0.3 is 0 Å². The van der Waals surface area contributed by atoms with Crippen LogP contribution >= 0.6 is 0 Å². The predicted molar refractivity (Wildman–Crippen MR) is 56.2 cm³/mol. The smallest absolute Gasteiger partial charge is 0.186 e. The molecule has 0 saturated carbocycles. The molecule has 0 aliphatic carbocycles. The summed E-state index contributed by atoms with van der Waals surface area (Å²) in [6.45, 7) is 9.58. The van der Waals surface area contributed by atoms with Crippen LogP contribution in [0.25, 0.3) is 0 Å². The number of nitrogens with zero attached hydrogens (tertiary/aromatic N) is 1. The summed E-state index contributed by atoms with van der Waals surface area (Å²) in [5.41, 5.74) is 0.0928. The first-order valence-electron chi connectivity index (χ1n) is 5.27. The zero-order chi connectivity index (χ0) is 9.90. The van der Waals surface area contributed by atoms with Crippen molar-refractivity contribution < 1.29 is 4.74 Å². The Balaban J connectivity index is 2.63. The van der Waals surface area contributed by atoms with Gasteiger partial charge in [0.1, 0.15) is 0 Å². The van der Waals surface area contributed by atoms with Crippen molar-refractivity contribution in [2.75, 3.05) is 6.61 Å². The average molecular weight is 183 g/mol. The Labute approximate surface area is 81.4 Å². The number of aliphatic imine (C=N–C) groups is 1. The molecule has 0 amide bonds. The first-order valence-corrected chi connectivity index (χ1v) is 5.27. The van der Waals surface area contributed by atoms with Crippen molar-refractivity contribution >= 4 is 5.90 Å². The molecule has 0 fully saturated rings. The third-order valence-corrected chi connectivity index (χ3v) is 2.52. The molecule has 0 N–H and O–H groups in total. The van der Waals surface area contributed by atoms with Gasteiger partial charge in [0, 0.05) is 12.3 Å². The monoisotopic (exact) mass is 183 g/mol. The molecule has 1 atom stereocenters. The first-order chi connectivity index (χ1) is 6.05. The lowest BCUT2D eigenvalue weighted by Crippen LogP contribution is -2.31. The number of ether oxygens (including phenoxy) is 1. The summed E-state index contributed by atoms with van der Waals surface area (Å²) in [7, 11) is 0. The Morgan fingerprint density at radius 2 is 2.23 bits per heavy atom. The summed E-state index contributed by atoms with van der Waals surface area (Å²) in [5, 5.41) is 0. The third-order valence-electron chi connectivity index (χ3n) is 2.52. The maximum Gasteiger partial charge on any atom is 0.186 e. The van der Waals surface area contributed by atoms with Gasteiger partial charge in [-0.2, -0.15) is 0 Å². The highest BCUT2D eigenvalue weighted by Crippen LogP contribution is 2.23. The molecule has 1 aliphatic rings. The van der Waals surface area contributed by atoms with Crippen molar-refractivity contribution in [1.29, 1.82) is 0 Å². The van der Waals surface area contributed by atoms with Crippen LogP contribution in [-0.4, -0.2) is 18.0 Å². The molecular weight excluding hydrogens is 162 g/mol. The van der Waals surface area contributed by atoms with E-state index in [1.807, 2.05) is 0 Å². The van der Waals surface area contributed by atoms with Crippen LogP contribution in [-0.2, 0) is 4.74 Å². The lowest BCUT2D eigenvalue weighted by Gasteiger charge is -2.29. The fourth-order valence-electron chi connectivity index (χ4n) is 1.60. The molecular formula is C11H21NO. The van der Waals surface area contributed by atoms with E-state index in [9.17, 15) is 0 Å². The molecule has 0 aromatic rings. The van der Waals surface area contributed by atoms with E-state index in [0.717, 1.165) is 18.9 Å². The fraction of sp³-hybridized carbons (Fsp3) is 0.909. The lowest BCUT2D eigenvalue weighted by atomic mass is 9.99. The minimum Gasteiger partial charge on any atom is -0.481 e. The van der Waals surface area contributed by atoms with Gasteiger partial charge in [-0.3, -0.25) is 0 Å². The highest BCUT2D eigenvalue weighted by atomic mass is 16.5. The van der Waals surface area contributed by atoms with Gasteiger partial charge in [0.25, 0.3) is 0 Å². The van der Waals surface area contributed by atoms with Crippen LogP contribution in [0.15, 0.2) is 4.99 Å². The lowest BCUT2D eigenvalue weighted by molar-refractivity contribution is 0.212. The molecule has 76 valence electrons. The summed E-state index contributed by atoms with van der Waals surface area (Å²) < 4.78 is 5.58. The molecule has 0 aromatic carbocycles. The molecule has 0 saturated heterocycles. The normalized spacial score (nSPS) is 23.2. The molecule has 0 unspecified atom stereocenters. The van der Waals surface area contributed by atoms with Crippen LogP contribution in [0.3, 0.4) is 0 Å². The van der Waals surface area contributed by atoms with Crippen LogP contribution in [0.1, 0.15) is 47.0 Å². The Kier molecular flexibility index (Phi) is 3.34. The van der Waals surface area contributed by atoms with Gasteiger partial charge < -0.3 is 4.74 Å². The van der Waals surface area contributed by atoms with E-state index in [1.165, 1.54) is 12.8 Å². The molecule has 13 heavy (non-hydrogen) atoms. The van der Waals surface area contributed by atoms with E-state index in [0.29, 0.717) is 5.92 Å². The maximum atomic E-state index is 5.58. The number of hydrogen-bond donors (Lipinski definition) is 0. The van der Waals surface area contributed by atoms with Gasteiger partial charge in [-0.05, 0) is 20.3 Å². The SMILES string of the molecule is CCC[C@@H](C)C1=NC(C)(C)CCO1. The van der Waals surface area contributed by atoms with Crippen molar-refractivity contribution in [2.45, 2.75) is 52.5 Å². The first kappa shape index (κ1) is 10.6. The highest BCUT2D eigenvalue weighted by Gasteiger charge is 2.25. The number of hydrogen-bond acceptors (Lipinski definition) is 2. The van der Waals surface area contributed by atoms with Crippen molar-refractivity contribution in [2.24, 2.45) is 10.9 Å². The summed E-state index contributed by atoms with van der Waals surface area (Å²) in [6.07, 6.45) is 3.41. The summed E-state index contributed by atoms with van der Waals surface area (Å²) in [6, 6.07) is 0. The Morgan fingerprint density at radius 3 is 2.77 bits per heavy atom. The molecule has 2 heteroatoms. The molecule has 0 radical (unpaired) electrons. The molecule has 2 nitrogen and oxygen atoms in total. The van der Waals surface area contributed by atoms with Crippen LogP contribution < -0.4 is 0 Å². The van der Waals surface area contributed by atoms with E-state index in [-0.39, 0.29) is 5.54 Å². The van der Waals surface area contributed by atoms with Crippen LogP contribution in [0, 0.1) is 5.92 Å². The van der Waals surface area contributed by atoms with E-state index in [4.69, 9.17) is 4.74 Å². The summed E-state index contributed by atoms with van der Waals surface area (Å²) in [4.78, 5) is 4.63. The predicted octanol–water partition coefficient (Wildman–Crippen LogP) is 3.02. The fourth-order valence-corrected chi connectivity index (χ4v) is 1.60. The van der Waals surface area contributed by atoms with Crippen molar-refractivity contribution in [1.82, 2.24) is 0 Å². The van der Waals surface area contributed by atoms with Crippen molar-refractivity contribution in [3.05, 3.63) is 0 Å². The minimum absolute atomic E-state index is 0.0928. The van der Waals surface area contributed by atoms with Gasteiger partial charge in [-0.15, -0.1) is 0 Å². The largest absolute Gasteiger partial charge is 0.481 e. The second kappa shape index (κ2) is 4.12. The molecule has 0 spiro atoms. The molecule has 1 aliphatic heterocycles. The molecule has 1 heterocycles. The van der Waals surface area contributed by atoms with Crippen molar-refractivity contribution in [3.63, 3.8) is 0 Å². The van der Waals surface area contributed by atoms with Gasteiger partial charge in [-0.1, -0.05) is 20.3 Å². The zero-order valence-electron chi connectivity index (χ0n) is 9.26. The van der Waals surface area contributed by atoms with E-state index < -0.39 is 0 Å². The van der Waals surface area contributed by atoms with E-state index in [1.54, 1.807) is 0 Å². The van der Waals surface area contributed by atoms with Crippen LogP contribution in [0.2, 0.25) is 0 Å². The zero-order valence-corrected chi connectivity index (χ0v) is 9.26. The average Bonchev–Trinajstić information content (AvgIpc) is 2.03. The molecule has 0 bridgehead atoms. The second-order valence-corrected chi connectivity index (χ2v) is 4.55. The second-order valence-electron chi connectivity index (χ2n) is 4.55. The van der Waals surface area contributed by atoms with Crippen LogP contribution in [0.4, 0.5) is 0 Å².